The molecule has 0 spiro atoms. The molecular weight excluding hydrogens is 339 g/mol. The fraction of sp³-hybridized carbons (Fsp3) is 0.500. The van der Waals surface area contributed by atoms with Crippen LogP contribution in [0.15, 0.2) is 18.2 Å². The van der Waals surface area contributed by atoms with Gasteiger partial charge in [-0.05, 0) is 37.8 Å². The van der Waals surface area contributed by atoms with Gasteiger partial charge in [-0.1, -0.05) is 23.2 Å². The summed E-state index contributed by atoms with van der Waals surface area (Å²) < 4.78 is 5.47. The minimum Gasteiger partial charge on any atom is -0.484 e. The molecule has 3 rings (SSSR count). The maximum atomic E-state index is 12.3. The van der Waals surface area contributed by atoms with E-state index in [-0.39, 0.29) is 24.5 Å². The van der Waals surface area contributed by atoms with Crippen LogP contribution in [-0.4, -0.2) is 41.9 Å². The summed E-state index contributed by atoms with van der Waals surface area (Å²) in [5, 5.41) is 3.77. The molecule has 2 amide bonds. The zero-order valence-corrected chi connectivity index (χ0v) is 14.1. The van der Waals surface area contributed by atoms with Crippen molar-refractivity contribution in [3.63, 3.8) is 0 Å². The summed E-state index contributed by atoms with van der Waals surface area (Å²) in [6, 6.07) is 4.76. The number of nitrogens with one attached hydrogen (secondary N) is 1. The number of rotatable bonds is 5. The number of carbonyl (C=O) groups is 2. The first kappa shape index (κ1) is 16.4. The molecule has 0 radical (unpaired) electrons. The van der Waals surface area contributed by atoms with Crippen LogP contribution in [0.1, 0.15) is 25.7 Å². The van der Waals surface area contributed by atoms with E-state index in [2.05, 4.69) is 5.32 Å². The van der Waals surface area contributed by atoms with E-state index >= 15 is 0 Å². The Balaban J connectivity index is 1.55. The van der Waals surface area contributed by atoms with Gasteiger partial charge in [0.1, 0.15) is 11.8 Å². The summed E-state index contributed by atoms with van der Waals surface area (Å²) in [6.45, 7) is 0.470. The number of hydrogen-bond donors (Lipinski definition) is 1. The second-order valence-electron chi connectivity index (χ2n) is 5.89. The van der Waals surface area contributed by atoms with Crippen LogP contribution in [0.5, 0.6) is 5.75 Å². The molecule has 0 bridgehead atoms. The van der Waals surface area contributed by atoms with Gasteiger partial charge < -0.3 is 15.0 Å². The smallest absolute Gasteiger partial charge is 0.261 e. The van der Waals surface area contributed by atoms with E-state index in [1.807, 2.05) is 0 Å². The second-order valence-corrected chi connectivity index (χ2v) is 6.71. The van der Waals surface area contributed by atoms with Gasteiger partial charge in [0.05, 0.1) is 10.0 Å². The third kappa shape index (κ3) is 4.09. The molecule has 1 saturated carbocycles. The Morgan fingerprint density at radius 2 is 2.00 bits per heavy atom. The van der Waals surface area contributed by atoms with Crippen molar-refractivity contribution in [1.82, 2.24) is 10.2 Å². The van der Waals surface area contributed by atoms with Crippen LogP contribution in [0.25, 0.3) is 0 Å². The molecule has 124 valence electrons. The first-order chi connectivity index (χ1) is 11.0. The highest BCUT2D eigenvalue weighted by Gasteiger charge is 2.36. The molecule has 2 fully saturated rings. The van der Waals surface area contributed by atoms with Crippen molar-refractivity contribution < 1.29 is 14.3 Å². The van der Waals surface area contributed by atoms with Gasteiger partial charge in [0, 0.05) is 18.7 Å². The fourth-order valence-corrected chi connectivity index (χ4v) is 2.95. The van der Waals surface area contributed by atoms with E-state index in [0.29, 0.717) is 34.8 Å². The highest BCUT2D eigenvalue weighted by atomic mass is 35.5. The number of benzene rings is 1. The van der Waals surface area contributed by atoms with Crippen LogP contribution in [-0.2, 0) is 9.59 Å². The van der Waals surface area contributed by atoms with Crippen LogP contribution in [0.2, 0.25) is 10.0 Å². The predicted molar refractivity (Wildman–Crippen MR) is 87.9 cm³/mol. The first-order valence-electron chi connectivity index (χ1n) is 7.72. The van der Waals surface area contributed by atoms with Crippen molar-refractivity contribution >= 4 is 35.0 Å². The zero-order valence-electron chi connectivity index (χ0n) is 12.6. The van der Waals surface area contributed by atoms with Gasteiger partial charge in [0.15, 0.2) is 6.61 Å². The maximum absolute atomic E-state index is 12.3. The van der Waals surface area contributed by atoms with E-state index < -0.39 is 0 Å². The molecule has 1 N–H and O–H groups in total. The molecular formula is C16H18Cl2N2O3. The number of hydrogen-bond acceptors (Lipinski definition) is 3. The number of ether oxygens (including phenoxy) is 1. The van der Waals surface area contributed by atoms with Gasteiger partial charge in [0.25, 0.3) is 5.91 Å². The Bertz CT molecular complexity index is 619. The van der Waals surface area contributed by atoms with Crippen LogP contribution < -0.4 is 10.1 Å². The average molecular weight is 357 g/mol. The lowest BCUT2D eigenvalue weighted by Crippen LogP contribution is -2.47. The summed E-state index contributed by atoms with van der Waals surface area (Å²) in [6.07, 6.45) is 3.61. The molecule has 1 heterocycles. The van der Waals surface area contributed by atoms with Crippen LogP contribution in [0.3, 0.4) is 0 Å². The largest absolute Gasteiger partial charge is 0.484 e. The Hall–Kier alpha value is -1.46. The number of amides is 2. The van der Waals surface area contributed by atoms with Crippen LogP contribution in [0.4, 0.5) is 0 Å². The third-order valence-corrected chi connectivity index (χ3v) is 4.79. The highest BCUT2D eigenvalue weighted by molar-refractivity contribution is 6.42. The van der Waals surface area contributed by atoms with Gasteiger partial charge in [0.2, 0.25) is 5.91 Å². The molecule has 1 aliphatic carbocycles. The molecule has 1 aromatic rings. The van der Waals surface area contributed by atoms with Crippen molar-refractivity contribution in [3.05, 3.63) is 28.2 Å². The minimum absolute atomic E-state index is 0.0483. The standard InChI is InChI=1S/C16H18Cl2N2O3/c17-12-6-5-11(8-13(12)18)23-9-15(21)20-7-1-2-14(20)16(22)19-10-3-4-10/h5-6,8,10,14H,1-4,7,9H2,(H,19,22)/t14-/m0/s1. The van der Waals surface area contributed by atoms with E-state index in [9.17, 15) is 9.59 Å². The van der Waals surface area contributed by atoms with Gasteiger partial charge in [-0.15, -0.1) is 0 Å². The quantitative estimate of drug-likeness (QED) is 0.882. The summed E-state index contributed by atoms with van der Waals surface area (Å²) in [4.78, 5) is 26.1. The molecule has 1 atom stereocenters. The fourth-order valence-electron chi connectivity index (χ4n) is 2.66. The average Bonchev–Trinajstić information content (AvgIpc) is 3.20. The van der Waals surface area contributed by atoms with Gasteiger partial charge in [-0.3, -0.25) is 9.59 Å². The summed E-state index contributed by atoms with van der Waals surface area (Å²) >= 11 is 11.8. The number of halogens is 2. The van der Waals surface area contributed by atoms with Gasteiger partial charge in [-0.25, -0.2) is 0 Å². The van der Waals surface area contributed by atoms with E-state index in [0.717, 1.165) is 19.3 Å². The third-order valence-electron chi connectivity index (χ3n) is 4.05. The molecule has 0 unspecified atom stereocenters. The summed E-state index contributed by atoms with van der Waals surface area (Å²) in [5.74, 6) is 0.239. The SMILES string of the molecule is O=C(NC1CC1)[C@@H]1CCCN1C(=O)COc1ccc(Cl)c(Cl)c1. The van der Waals surface area contributed by atoms with Crippen molar-refractivity contribution in [1.29, 1.82) is 0 Å². The normalized spacial score (nSPS) is 20.4. The lowest BCUT2D eigenvalue weighted by atomic mass is 10.2. The van der Waals surface area contributed by atoms with E-state index in [1.165, 1.54) is 0 Å². The molecule has 1 aromatic carbocycles. The number of nitrogens with zero attached hydrogens (tertiary/aromatic N) is 1. The molecule has 1 saturated heterocycles. The Labute approximate surface area is 144 Å². The molecule has 7 heteroatoms. The van der Waals surface area contributed by atoms with Crippen molar-refractivity contribution in [2.45, 2.75) is 37.8 Å². The minimum atomic E-state index is -0.375. The van der Waals surface area contributed by atoms with Crippen molar-refractivity contribution in [3.8, 4) is 5.75 Å². The second kappa shape index (κ2) is 6.97. The number of carbonyl (C=O) groups excluding carboxylic acids is 2. The van der Waals surface area contributed by atoms with Gasteiger partial charge >= 0.3 is 0 Å². The lowest BCUT2D eigenvalue weighted by Gasteiger charge is -2.24. The molecule has 23 heavy (non-hydrogen) atoms. The topological polar surface area (TPSA) is 58.6 Å². The van der Waals surface area contributed by atoms with Crippen LogP contribution >= 0.6 is 23.2 Å². The maximum Gasteiger partial charge on any atom is 0.261 e. The lowest BCUT2D eigenvalue weighted by molar-refractivity contribution is -0.140. The van der Waals surface area contributed by atoms with Crippen molar-refractivity contribution in [2.24, 2.45) is 0 Å². The summed E-state index contributed by atoms with van der Waals surface area (Å²) in [5.41, 5.74) is 0. The Morgan fingerprint density at radius 1 is 1.22 bits per heavy atom. The molecule has 1 aliphatic heterocycles. The van der Waals surface area contributed by atoms with E-state index in [1.54, 1.807) is 23.1 Å². The monoisotopic (exact) mass is 356 g/mol. The Morgan fingerprint density at radius 3 is 2.70 bits per heavy atom. The van der Waals surface area contributed by atoms with E-state index in [4.69, 9.17) is 27.9 Å². The highest BCUT2D eigenvalue weighted by Crippen LogP contribution is 2.27. The summed E-state index contributed by atoms with van der Waals surface area (Å²) in [7, 11) is 0. The van der Waals surface area contributed by atoms with Crippen molar-refractivity contribution in [2.75, 3.05) is 13.2 Å². The van der Waals surface area contributed by atoms with Crippen LogP contribution in [0, 0.1) is 0 Å². The molecule has 5 nitrogen and oxygen atoms in total. The predicted octanol–water partition coefficient (Wildman–Crippen LogP) is 2.64. The zero-order chi connectivity index (χ0) is 16.4. The van der Waals surface area contributed by atoms with Gasteiger partial charge in [-0.2, -0.15) is 0 Å². The molecule has 0 aromatic heterocycles. The Kier molecular flexibility index (Phi) is 4.97. The molecule has 2 aliphatic rings. The number of likely N-dealkylation sites (tertiary alicyclic amines) is 1. The first-order valence-corrected chi connectivity index (χ1v) is 8.48.